The third-order valence-corrected chi connectivity index (χ3v) is 3.00. The van der Waals surface area contributed by atoms with Crippen LogP contribution in [-0.2, 0) is 0 Å². The maximum Gasteiger partial charge on any atom is 0.256 e. The Kier molecular flexibility index (Phi) is 4.26. The summed E-state index contributed by atoms with van der Waals surface area (Å²) in [5.41, 5.74) is 3.10. The van der Waals surface area contributed by atoms with Crippen LogP contribution in [0.1, 0.15) is 43.6 Å². The Morgan fingerprint density at radius 1 is 1.14 bits per heavy atom. The molecule has 0 bridgehead atoms. The van der Waals surface area contributed by atoms with Crippen LogP contribution in [0.2, 0.25) is 0 Å². The number of nitrogens with one attached hydrogen (secondary N) is 2. The van der Waals surface area contributed by atoms with Crippen molar-refractivity contribution in [2.24, 2.45) is 5.41 Å². The van der Waals surface area contributed by atoms with Gasteiger partial charge in [0.05, 0.1) is 6.20 Å². The highest BCUT2D eigenvalue weighted by Gasteiger charge is 2.09. The Labute approximate surface area is 125 Å². The van der Waals surface area contributed by atoms with Crippen molar-refractivity contribution < 1.29 is 4.79 Å². The lowest BCUT2D eigenvalue weighted by Gasteiger charge is -2.14. The summed E-state index contributed by atoms with van der Waals surface area (Å²) in [5.74, 6) is 0.441. The number of amides is 1. The number of benzene rings is 1. The van der Waals surface area contributed by atoms with Gasteiger partial charge in [0, 0.05) is 11.6 Å². The summed E-state index contributed by atoms with van der Waals surface area (Å²) in [4.78, 5) is 12.0. The number of aromatic amines is 1. The molecule has 0 aliphatic carbocycles. The molecule has 0 atom stereocenters. The summed E-state index contributed by atoms with van der Waals surface area (Å²) in [5, 5.41) is 9.25. The van der Waals surface area contributed by atoms with Gasteiger partial charge < -0.3 is 5.32 Å². The van der Waals surface area contributed by atoms with Gasteiger partial charge in [-0.2, -0.15) is 5.10 Å². The zero-order valence-electron chi connectivity index (χ0n) is 12.9. The zero-order chi connectivity index (χ0) is 15.5. The van der Waals surface area contributed by atoms with E-state index in [-0.39, 0.29) is 11.3 Å². The summed E-state index contributed by atoms with van der Waals surface area (Å²) < 4.78 is 0. The quantitative estimate of drug-likeness (QED) is 0.890. The van der Waals surface area contributed by atoms with Crippen LogP contribution in [0.25, 0.3) is 5.57 Å². The number of H-pyrrole nitrogens is 1. The van der Waals surface area contributed by atoms with Crippen LogP contribution in [0.4, 0.5) is 5.82 Å². The summed E-state index contributed by atoms with van der Waals surface area (Å²) >= 11 is 0. The van der Waals surface area contributed by atoms with E-state index < -0.39 is 0 Å². The standard InChI is InChI=1S/C17H21N3O/c1-12(11-17(2,3)4)13-5-7-14(8-6-13)16(21)19-15-9-10-18-20-15/h5-11H,1-4H3,(H2,18,19,20,21). The number of anilines is 1. The van der Waals surface area contributed by atoms with E-state index in [4.69, 9.17) is 0 Å². The maximum atomic E-state index is 12.0. The highest BCUT2D eigenvalue weighted by atomic mass is 16.1. The SMILES string of the molecule is CC(=CC(C)(C)C)c1ccc(C(=O)Nc2ccn[nH]2)cc1. The highest BCUT2D eigenvalue weighted by molar-refractivity contribution is 6.03. The number of carbonyl (C=O) groups is 1. The van der Waals surface area contributed by atoms with E-state index in [1.165, 1.54) is 5.57 Å². The first-order valence-corrected chi connectivity index (χ1v) is 6.96. The molecule has 0 aliphatic rings. The summed E-state index contributed by atoms with van der Waals surface area (Å²) in [6.45, 7) is 8.60. The number of hydrogen-bond donors (Lipinski definition) is 2. The third-order valence-electron chi connectivity index (χ3n) is 3.00. The maximum absolute atomic E-state index is 12.0. The summed E-state index contributed by atoms with van der Waals surface area (Å²) in [6.07, 6.45) is 3.83. The normalized spacial score (nSPS) is 12.3. The Bertz CT molecular complexity index is 632. The van der Waals surface area contributed by atoms with Crippen LogP contribution in [0.3, 0.4) is 0 Å². The molecule has 21 heavy (non-hydrogen) atoms. The lowest BCUT2D eigenvalue weighted by atomic mass is 9.91. The largest absolute Gasteiger partial charge is 0.307 e. The van der Waals surface area contributed by atoms with Crippen molar-refractivity contribution in [3.63, 3.8) is 0 Å². The Morgan fingerprint density at radius 2 is 1.76 bits per heavy atom. The van der Waals surface area contributed by atoms with E-state index in [0.717, 1.165) is 5.56 Å². The molecule has 4 heteroatoms. The van der Waals surface area contributed by atoms with Gasteiger partial charge in [-0.3, -0.25) is 9.89 Å². The number of nitrogens with zero attached hydrogens (tertiary/aromatic N) is 1. The topological polar surface area (TPSA) is 57.8 Å². The van der Waals surface area contributed by atoms with Crippen molar-refractivity contribution in [2.45, 2.75) is 27.7 Å². The number of carbonyl (C=O) groups excluding carboxylic acids is 1. The van der Waals surface area contributed by atoms with Gasteiger partial charge in [-0.15, -0.1) is 0 Å². The lowest BCUT2D eigenvalue weighted by Crippen LogP contribution is -2.12. The molecule has 110 valence electrons. The minimum absolute atomic E-state index is 0.140. The molecule has 1 aromatic carbocycles. The molecule has 1 aromatic heterocycles. The van der Waals surface area contributed by atoms with Gasteiger partial charge in [-0.05, 0) is 35.6 Å². The molecular formula is C17H21N3O. The minimum atomic E-state index is -0.150. The smallest absolute Gasteiger partial charge is 0.256 e. The minimum Gasteiger partial charge on any atom is -0.307 e. The first kappa shape index (κ1) is 15.0. The molecule has 0 aliphatic heterocycles. The van der Waals surface area contributed by atoms with Gasteiger partial charge in [0.15, 0.2) is 0 Å². The van der Waals surface area contributed by atoms with E-state index in [0.29, 0.717) is 11.4 Å². The van der Waals surface area contributed by atoms with E-state index in [1.54, 1.807) is 12.3 Å². The van der Waals surface area contributed by atoms with Crippen LogP contribution in [0, 0.1) is 5.41 Å². The first-order valence-electron chi connectivity index (χ1n) is 6.96. The van der Waals surface area contributed by atoms with Crippen LogP contribution in [0.5, 0.6) is 0 Å². The van der Waals surface area contributed by atoms with Crippen molar-refractivity contribution in [1.29, 1.82) is 0 Å². The second kappa shape index (κ2) is 5.95. The Hall–Kier alpha value is -2.36. The summed E-state index contributed by atoms with van der Waals surface area (Å²) in [6, 6.07) is 9.32. The van der Waals surface area contributed by atoms with Crippen molar-refractivity contribution in [2.75, 3.05) is 5.32 Å². The van der Waals surface area contributed by atoms with Gasteiger partial charge in [-0.1, -0.05) is 39.0 Å². The second-order valence-electron chi connectivity index (χ2n) is 6.20. The Morgan fingerprint density at radius 3 is 2.29 bits per heavy atom. The van der Waals surface area contributed by atoms with Gasteiger partial charge in [0.1, 0.15) is 5.82 Å². The molecule has 4 nitrogen and oxygen atoms in total. The predicted octanol–water partition coefficient (Wildman–Crippen LogP) is 4.11. The van der Waals surface area contributed by atoms with Crippen molar-refractivity contribution >= 4 is 17.3 Å². The average Bonchev–Trinajstić information content (AvgIpc) is 2.90. The highest BCUT2D eigenvalue weighted by Crippen LogP contribution is 2.23. The lowest BCUT2D eigenvalue weighted by molar-refractivity contribution is 0.102. The van der Waals surface area contributed by atoms with E-state index in [2.05, 4.69) is 49.3 Å². The third kappa shape index (κ3) is 4.31. The molecule has 0 radical (unpaired) electrons. The van der Waals surface area contributed by atoms with Crippen molar-refractivity contribution in [3.05, 3.63) is 53.7 Å². The van der Waals surface area contributed by atoms with E-state index in [9.17, 15) is 4.79 Å². The molecular weight excluding hydrogens is 262 g/mol. The zero-order valence-corrected chi connectivity index (χ0v) is 12.9. The Balaban J connectivity index is 2.12. The molecule has 1 amide bonds. The predicted molar refractivity (Wildman–Crippen MR) is 86.1 cm³/mol. The number of allylic oxidation sites excluding steroid dienone is 2. The van der Waals surface area contributed by atoms with Crippen LogP contribution >= 0.6 is 0 Å². The molecule has 0 spiro atoms. The van der Waals surface area contributed by atoms with Crippen LogP contribution in [0.15, 0.2) is 42.6 Å². The van der Waals surface area contributed by atoms with Gasteiger partial charge in [0.25, 0.3) is 5.91 Å². The summed E-state index contributed by atoms with van der Waals surface area (Å²) in [7, 11) is 0. The molecule has 0 unspecified atom stereocenters. The van der Waals surface area contributed by atoms with E-state index in [1.807, 2.05) is 24.3 Å². The second-order valence-corrected chi connectivity index (χ2v) is 6.20. The van der Waals surface area contributed by atoms with Gasteiger partial charge in [-0.25, -0.2) is 0 Å². The van der Waals surface area contributed by atoms with Crippen LogP contribution < -0.4 is 5.32 Å². The molecule has 2 N–H and O–H groups in total. The first-order chi connectivity index (χ1) is 9.85. The average molecular weight is 283 g/mol. The van der Waals surface area contributed by atoms with Crippen LogP contribution in [-0.4, -0.2) is 16.1 Å². The van der Waals surface area contributed by atoms with Gasteiger partial charge in [0.2, 0.25) is 0 Å². The fourth-order valence-corrected chi connectivity index (χ4v) is 2.14. The number of hydrogen-bond acceptors (Lipinski definition) is 2. The molecule has 0 saturated heterocycles. The molecule has 0 saturated carbocycles. The molecule has 0 fully saturated rings. The van der Waals surface area contributed by atoms with E-state index >= 15 is 0 Å². The van der Waals surface area contributed by atoms with Crippen molar-refractivity contribution in [3.8, 4) is 0 Å². The fourth-order valence-electron chi connectivity index (χ4n) is 2.14. The molecule has 2 aromatic rings. The fraction of sp³-hybridized carbons (Fsp3) is 0.294. The van der Waals surface area contributed by atoms with Crippen molar-refractivity contribution in [1.82, 2.24) is 10.2 Å². The van der Waals surface area contributed by atoms with Gasteiger partial charge >= 0.3 is 0 Å². The monoisotopic (exact) mass is 283 g/mol. The number of aromatic nitrogens is 2. The molecule has 1 heterocycles. The number of rotatable bonds is 3. The molecule has 2 rings (SSSR count).